The van der Waals surface area contributed by atoms with E-state index in [-0.39, 0.29) is 5.95 Å². The predicted octanol–water partition coefficient (Wildman–Crippen LogP) is 2.37. The van der Waals surface area contributed by atoms with Gasteiger partial charge in [-0.15, -0.1) is 0 Å². The molecule has 2 aromatic heterocycles. The van der Waals surface area contributed by atoms with Crippen LogP contribution in [0.2, 0.25) is 0 Å². The average Bonchev–Trinajstić information content (AvgIpc) is 2.92. The fourth-order valence-electron chi connectivity index (χ4n) is 2.44. The fourth-order valence-corrected chi connectivity index (χ4v) is 2.44. The van der Waals surface area contributed by atoms with E-state index in [1.54, 1.807) is 6.20 Å². The molecule has 1 atom stereocenters. The Kier molecular flexibility index (Phi) is 3.52. The number of hydrogen-bond acceptors (Lipinski definition) is 4. The van der Waals surface area contributed by atoms with Crippen LogP contribution in [0.4, 0.5) is 19.1 Å². The zero-order valence-electron chi connectivity index (χ0n) is 11.1. The third-order valence-corrected chi connectivity index (χ3v) is 3.53. The van der Waals surface area contributed by atoms with Crippen molar-refractivity contribution in [2.75, 3.05) is 11.9 Å². The van der Waals surface area contributed by atoms with Gasteiger partial charge in [0.05, 0.1) is 0 Å². The molecule has 5 nitrogen and oxygen atoms in total. The summed E-state index contributed by atoms with van der Waals surface area (Å²) in [5.74, 6) is 1.40. The molecule has 8 heteroatoms. The van der Waals surface area contributed by atoms with Gasteiger partial charge < -0.3 is 9.88 Å². The number of nitrogens with one attached hydrogen (secondary N) is 1. The minimum atomic E-state index is -4.45. The van der Waals surface area contributed by atoms with Crippen LogP contribution in [-0.2, 0) is 19.1 Å². The number of fused-ring (bicyclic) bond motifs is 1. The van der Waals surface area contributed by atoms with E-state index in [2.05, 4.69) is 24.8 Å². The molecule has 0 aliphatic carbocycles. The van der Waals surface area contributed by atoms with Crippen molar-refractivity contribution in [1.29, 1.82) is 0 Å². The zero-order chi connectivity index (χ0) is 14.9. The molecule has 0 spiro atoms. The number of alkyl halides is 3. The van der Waals surface area contributed by atoms with E-state index in [0.29, 0.717) is 12.5 Å². The lowest BCUT2D eigenvalue weighted by Crippen LogP contribution is -2.26. The first-order valence-corrected chi connectivity index (χ1v) is 6.66. The Balaban J connectivity index is 1.61. The molecule has 1 N–H and O–H groups in total. The lowest BCUT2D eigenvalue weighted by atomic mass is 9.99. The minimum Gasteiger partial charge on any atom is -0.354 e. The van der Waals surface area contributed by atoms with Crippen LogP contribution in [0.3, 0.4) is 0 Å². The number of halogens is 3. The van der Waals surface area contributed by atoms with E-state index >= 15 is 0 Å². The van der Waals surface area contributed by atoms with Crippen LogP contribution < -0.4 is 5.32 Å². The van der Waals surface area contributed by atoms with Gasteiger partial charge in [-0.25, -0.2) is 15.0 Å². The molecule has 0 aromatic carbocycles. The van der Waals surface area contributed by atoms with E-state index in [1.807, 2.05) is 6.20 Å². The summed E-state index contributed by atoms with van der Waals surface area (Å²) in [6, 6.07) is 0.865. The predicted molar refractivity (Wildman–Crippen MR) is 69.6 cm³/mol. The topological polar surface area (TPSA) is 55.6 Å². The Bertz CT molecular complexity index is 622. The normalized spacial score (nSPS) is 18.3. The van der Waals surface area contributed by atoms with Gasteiger partial charge in [0.15, 0.2) is 0 Å². The van der Waals surface area contributed by atoms with Gasteiger partial charge >= 0.3 is 6.18 Å². The maximum absolute atomic E-state index is 12.6. The minimum absolute atomic E-state index is 0.0150. The summed E-state index contributed by atoms with van der Waals surface area (Å²) >= 11 is 0. The van der Waals surface area contributed by atoms with Crippen LogP contribution in [0.1, 0.15) is 17.9 Å². The highest BCUT2D eigenvalue weighted by Crippen LogP contribution is 2.27. The van der Waals surface area contributed by atoms with Gasteiger partial charge in [0, 0.05) is 38.1 Å². The Hall–Kier alpha value is -2.12. The fraction of sp³-hybridized carbons (Fsp3) is 0.462. The zero-order valence-corrected chi connectivity index (χ0v) is 11.1. The first kappa shape index (κ1) is 13.8. The Morgan fingerprint density at radius 1 is 1.29 bits per heavy atom. The monoisotopic (exact) mass is 297 g/mol. The third-order valence-electron chi connectivity index (χ3n) is 3.53. The van der Waals surface area contributed by atoms with Crippen LogP contribution in [0.5, 0.6) is 0 Å². The van der Waals surface area contributed by atoms with Gasteiger partial charge in [-0.05, 0) is 18.4 Å². The van der Waals surface area contributed by atoms with Gasteiger partial charge in [0.1, 0.15) is 11.5 Å². The standard InChI is InChI=1S/C13H14F3N5/c14-13(15,16)10-3-4-18-12(20-10)19-7-9-1-2-11-17-5-6-21(11)8-9/h3-6,9H,1-2,7-8H2,(H,18,19,20)/t9-/m1/s1. The van der Waals surface area contributed by atoms with Gasteiger partial charge in [-0.1, -0.05) is 0 Å². The van der Waals surface area contributed by atoms with Crippen LogP contribution in [0.15, 0.2) is 24.7 Å². The molecule has 3 heterocycles. The molecular weight excluding hydrogens is 283 g/mol. The largest absolute Gasteiger partial charge is 0.433 e. The molecule has 0 radical (unpaired) electrons. The molecule has 112 valence electrons. The quantitative estimate of drug-likeness (QED) is 0.945. The molecule has 0 saturated carbocycles. The van der Waals surface area contributed by atoms with Crippen molar-refractivity contribution in [3.8, 4) is 0 Å². The summed E-state index contributed by atoms with van der Waals surface area (Å²) < 4.78 is 39.8. The summed E-state index contributed by atoms with van der Waals surface area (Å²) in [5.41, 5.74) is -0.930. The van der Waals surface area contributed by atoms with Crippen LogP contribution in [-0.4, -0.2) is 26.1 Å². The maximum atomic E-state index is 12.6. The van der Waals surface area contributed by atoms with E-state index in [0.717, 1.165) is 37.5 Å². The van der Waals surface area contributed by atoms with Crippen molar-refractivity contribution in [3.63, 3.8) is 0 Å². The van der Waals surface area contributed by atoms with E-state index in [1.165, 1.54) is 0 Å². The number of aromatic nitrogens is 4. The Morgan fingerprint density at radius 3 is 2.95 bits per heavy atom. The summed E-state index contributed by atoms with van der Waals surface area (Å²) in [7, 11) is 0. The molecule has 2 aromatic rings. The summed E-state index contributed by atoms with van der Waals surface area (Å²) in [5, 5.41) is 2.89. The smallest absolute Gasteiger partial charge is 0.354 e. The number of rotatable bonds is 3. The molecule has 0 unspecified atom stereocenters. The molecule has 1 aliphatic rings. The summed E-state index contributed by atoms with van der Waals surface area (Å²) in [6.07, 6.45) is 2.18. The van der Waals surface area contributed by atoms with Gasteiger partial charge in [0.25, 0.3) is 0 Å². The van der Waals surface area contributed by atoms with E-state index < -0.39 is 11.9 Å². The summed E-state index contributed by atoms with van der Waals surface area (Å²) in [6.45, 7) is 1.35. The molecule has 1 aliphatic heterocycles. The lowest BCUT2D eigenvalue weighted by molar-refractivity contribution is -0.141. The number of anilines is 1. The van der Waals surface area contributed by atoms with Crippen LogP contribution in [0, 0.1) is 5.92 Å². The molecule has 21 heavy (non-hydrogen) atoms. The number of imidazole rings is 1. The Labute approximate surface area is 119 Å². The average molecular weight is 297 g/mol. The highest BCUT2D eigenvalue weighted by atomic mass is 19.4. The Morgan fingerprint density at radius 2 is 2.14 bits per heavy atom. The highest BCUT2D eigenvalue weighted by Gasteiger charge is 2.32. The van der Waals surface area contributed by atoms with E-state index in [4.69, 9.17) is 0 Å². The van der Waals surface area contributed by atoms with Crippen molar-refractivity contribution in [2.24, 2.45) is 5.92 Å². The molecule has 0 saturated heterocycles. The molecule has 0 bridgehead atoms. The lowest BCUT2D eigenvalue weighted by Gasteiger charge is -2.24. The van der Waals surface area contributed by atoms with Crippen molar-refractivity contribution < 1.29 is 13.2 Å². The molecule has 3 rings (SSSR count). The highest BCUT2D eigenvalue weighted by molar-refractivity contribution is 5.26. The van der Waals surface area contributed by atoms with Crippen molar-refractivity contribution in [3.05, 3.63) is 36.2 Å². The van der Waals surface area contributed by atoms with E-state index in [9.17, 15) is 13.2 Å². The number of hydrogen-bond donors (Lipinski definition) is 1. The second-order valence-electron chi connectivity index (χ2n) is 5.04. The SMILES string of the molecule is FC(F)(F)c1ccnc(NC[C@H]2CCc3nccn3C2)n1. The number of aryl methyl sites for hydroxylation is 1. The number of nitrogens with zero attached hydrogens (tertiary/aromatic N) is 4. The first-order valence-electron chi connectivity index (χ1n) is 6.66. The first-order chi connectivity index (χ1) is 10.0. The van der Waals surface area contributed by atoms with Gasteiger partial charge in [0.2, 0.25) is 5.95 Å². The molecule has 0 amide bonds. The maximum Gasteiger partial charge on any atom is 0.433 e. The third kappa shape index (κ3) is 3.14. The van der Waals surface area contributed by atoms with Gasteiger partial charge in [-0.2, -0.15) is 13.2 Å². The summed E-state index contributed by atoms with van der Waals surface area (Å²) in [4.78, 5) is 11.6. The van der Waals surface area contributed by atoms with Crippen molar-refractivity contribution in [2.45, 2.75) is 25.6 Å². The molecular formula is C13H14F3N5. The second-order valence-corrected chi connectivity index (χ2v) is 5.04. The van der Waals surface area contributed by atoms with Crippen molar-refractivity contribution in [1.82, 2.24) is 19.5 Å². The second kappa shape index (κ2) is 5.34. The van der Waals surface area contributed by atoms with Crippen LogP contribution in [0.25, 0.3) is 0 Å². The van der Waals surface area contributed by atoms with Crippen molar-refractivity contribution >= 4 is 5.95 Å². The van der Waals surface area contributed by atoms with Crippen LogP contribution >= 0.6 is 0 Å². The molecule has 0 fully saturated rings. The van der Waals surface area contributed by atoms with Gasteiger partial charge in [-0.3, -0.25) is 0 Å².